The van der Waals surface area contributed by atoms with Gasteiger partial charge < -0.3 is 9.47 Å². The van der Waals surface area contributed by atoms with Crippen molar-refractivity contribution in [3.05, 3.63) is 65.7 Å². The van der Waals surface area contributed by atoms with E-state index in [1.165, 1.54) is 15.6 Å². The van der Waals surface area contributed by atoms with Gasteiger partial charge in [-0.25, -0.2) is 0 Å². The van der Waals surface area contributed by atoms with Gasteiger partial charge in [-0.05, 0) is 31.2 Å². The van der Waals surface area contributed by atoms with Crippen LogP contribution < -0.4 is 9.47 Å². The van der Waals surface area contributed by atoms with E-state index >= 15 is 0 Å². The number of hydrogen-bond donors (Lipinski definition) is 0. The number of methoxy groups -OCH3 is 2. The highest BCUT2D eigenvalue weighted by Crippen LogP contribution is 2.53. The van der Waals surface area contributed by atoms with Crippen molar-refractivity contribution in [2.45, 2.75) is 6.92 Å². The molecule has 0 spiro atoms. The lowest BCUT2D eigenvalue weighted by Crippen LogP contribution is -1.87. The predicted octanol–water partition coefficient (Wildman–Crippen LogP) is 5.87. The summed E-state index contributed by atoms with van der Waals surface area (Å²) in [6.07, 6.45) is 0.894. The van der Waals surface area contributed by atoms with Crippen molar-refractivity contribution < 1.29 is 14.3 Å². The Kier molecular flexibility index (Phi) is 4.13. The first-order valence-electron chi connectivity index (χ1n) is 8.33. The fourth-order valence-electron chi connectivity index (χ4n) is 3.36. The van der Waals surface area contributed by atoms with Crippen molar-refractivity contribution in [3.63, 3.8) is 0 Å². The van der Waals surface area contributed by atoms with E-state index in [0.29, 0.717) is 5.56 Å². The van der Waals surface area contributed by atoms with Gasteiger partial charge in [0, 0.05) is 33.6 Å². The highest BCUT2D eigenvalue weighted by molar-refractivity contribution is 7.50. The number of benzene rings is 3. The van der Waals surface area contributed by atoms with Gasteiger partial charge in [0.05, 0.1) is 19.6 Å². The van der Waals surface area contributed by atoms with Crippen LogP contribution in [0.3, 0.4) is 0 Å². The molecule has 3 aromatic carbocycles. The largest absolute Gasteiger partial charge is 0.497 e. The zero-order valence-corrected chi connectivity index (χ0v) is 15.7. The second-order valence-corrected chi connectivity index (χ2v) is 8.13. The minimum atomic E-state index is -0.322. The fourth-order valence-corrected chi connectivity index (χ4v) is 5.86. The van der Waals surface area contributed by atoms with Crippen molar-refractivity contribution in [3.8, 4) is 16.4 Å². The molecule has 1 heterocycles. The average molecular weight is 363 g/mol. The van der Waals surface area contributed by atoms with Gasteiger partial charge in [-0.1, -0.05) is 23.8 Å². The van der Waals surface area contributed by atoms with Gasteiger partial charge in [0.1, 0.15) is 12.0 Å². The Morgan fingerprint density at radius 2 is 1.77 bits per heavy atom. The maximum absolute atomic E-state index is 11.3. The monoisotopic (exact) mass is 363 g/mol. The minimum absolute atomic E-state index is 0.322. The molecule has 0 saturated carbocycles. The van der Waals surface area contributed by atoms with Crippen LogP contribution in [0.5, 0.6) is 11.5 Å². The lowest BCUT2D eigenvalue weighted by atomic mass is 10.1. The number of carbonyl (C=O) groups excluding carboxylic acids is 1. The van der Waals surface area contributed by atoms with Crippen molar-refractivity contribution in [2.24, 2.45) is 0 Å². The summed E-state index contributed by atoms with van der Waals surface area (Å²) in [5.41, 5.74) is 1.90. The molecule has 0 radical (unpaired) electrons. The molecule has 26 heavy (non-hydrogen) atoms. The number of aldehydes is 1. The van der Waals surface area contributed by atoms with Crippen LogP contribution in [0.25, 0.3) is 25.1 Å². The topological polar surface area (TPSA) is 35.5 Å². The van der Waals surface area contributed by atoms with Crippen LogP contribution in [0.4, 0.5) is 0 Å². The van der Waals surface area contributed by atoms with E-state index in [0.717, 1.165) is 32.8 Å². The summed E-state index contributed by atoms with van der Waals surface area (Å²) in [7, 11) is 3.03. The van der Waals surface area contributed by atoms with Crippen molar-refractivity contribution >= 4 is 36.9 Å². The first-order valence-corrected chi connectivity index (χ1v) is 9.55. The zero-order chi connectivity index (χ0) is 18.3. The molecule has 130 valence electrons. The third kappa shape index (κ3) is 2.54. The fraction of sp³-hybridized carbons (Fsp3) is 0.136. The molecular weight excluding hydrogens is 344 g/mol. The Balaban J connectivity index is 2.21. The van der Waals surface area contributed by atoms with Crippen LogP contribution in [-0.4, -0.2) is 20.5 Å². The molecule has 4 heteroatoms. The second-order valence-electron chi connectivity index (χ2n) is 6.20. The Morgan fingerprint density at radius 1 is 0.923 bits per heavy atom. The van der Waals surface area contributed by atoms with Crippen LogP contribution in [0.1, 0.15) is 15.9 Å². The molecule has 4 rings (SSSR count). The SMILES string of the molecule is COc1cc(OC)c2c(c1)c1cc(C)ccc1[s+]2-c1cccc(C=O)c1. The lowest BCUT2D eigenvalue weighted by molar-refractivity contribution is 0.112. The molecule has 3 nitrogen and oxygen atoms in total. The number of thiophene rings is 1. The molecule has 0 aliphatic heterocycles. The molecule has 0 aliphatic carbocycles. The highest BCUT2D eigenvalue weighted by Gasteiger charge is 2.28. The third-order valence-electron chi connectivity index (χ3n) is 4.56. The first-order chi connectivity index (χ1) is 12.7. The zero-order valence-electron chi connectivity index (χ0n) is 14.9. The highest BCUT2D eigenvalue weighted by atomic mass is 32.2. The predicted molar refractivity (Wildman–Crippen MR) is 108 cm³/mol. The van der Waals surface area contributed by atoms with Gasteiger partial charge in [-0.3, -0.25) is 4.79 Å². The molecule has 4 aromatic rings. The maximum Gasteiger partial charge on any atom is 0.229 e. The number of fused-ring (bicyclic) bond motifs is 3. The summed E-state index contributed by atoms with van der Waals surface area (Å²) in [6.45, 7) is 2.10. The van der Waals surface area contributed by atoms with Crippen LogP contribution in [0.15, 0.2) is 54.6 Å². The maximum atomic E-state index is 11.3. The number of ether oxygens (including phenoxy) is 2. The van der Waals surface area contributed by atoms with E-state index in [1.54, 1.807) is 14.2 Å². The van der Waals surface area contributed by atoms with E-state index in [-0.39, 0.29) is 10.5 Å². The first kappa shape index (κ1) is 16.6. The quantitative estimate of drug-likeness (QED) is 0.336. The molecule has 0 amide bonds. The Labute approximate surface area is 154 Å². The van der Waals surface area contributed by atoms with Crippen molar-refractivity contribution in [1.29, 1.82) is 0 Å². The van der Waals surface area contributed by atoms with Gasteiger partial charge >= 0.3 is 0 Å². The summed E-state index contributed by atoms with van der Waals surface area (Å²) in [5.74, 6) is 1.59. The Morgan fingerprint density at radius 3 is 2.50 bits per heavy atom. The van der Waals surface area contributed by atoms with Crippen LogP contribution >= 0.6 is 10.5 Å². The molecule has 1 atom stereocenters. The number of carbonyl (C=O) groups is 1. The third-order valence-corrected chi connectivity index (χ3v) is 6.91. The van der Waals surface area contributed by atoms with E-state index in [9.17, 15) is 4.79 Å². The van der Waals surface area contributed by atoms with Gasteiger partial charge in [0.25, 0.3) is 0 Å². The molecule has 1 aromatic heterocycles. The van der Waals surface area contributed by atoms with E-state index in [2.05, 4.69) is 37.3 Å². The molecule has 1 unspecified atom stereocenters. The Hall–Kier alpha value is -2.85. The van der Waals surface area contributed by atoms with E-state index < -0.39 is 0 Å². The molecule has 0 fully saturated rings. The number of aryl methyl sites for hydroxylation is 1. The van der Waals surface area contributed by atoms with Crippen LogP contribution in [0.2, 0.25) is 0 Å². The summed E-state index contributed by atoms with van der Waals surface area (Å²) in [6, 6.07) is 18.4. The van der Waals surface area contributed by atoms with Gasteiger partial charge in [0.15, 0.2) is 15.3 Å². The Bertz CT molecular complexity index is 1140. The molecule has 0 N–H and O–H groups in total. The summed E-state index contributed by atoms with van der Waals surface area (Å²) in [4.78, 5) is 12.4. The summed E-state index contributed by atoms with van der Waals surface area (Å²) >= 11 is 0. The molecule has 0 aliphatic rings. The molecular formula is C22H19O3S+. The van der Waals surface area contributed by atoms with Gasteiger partial charge in [-0.2, -0.15) is 0 Å². The molecule has 0 saturated heterocycles. The number of rotatable bonds is 4. The van der Waals surface area contributed by atoms with Crippen LogP contribution in [0, 0.1) is 6.92 Å². The normalized spacial score (nSPS) is 11.7. The van der Waals surface area contributed by atoms with Gasteiger partial charge in [0.2, 0.25) is 4.70 Å². The second kappa shape index (κ2) is 6.46. The standard InChI is InChI=1S/C22H19O3S/c1-14-7-8-21-18(9-14)19-11-16(24-2)12-20(25-3)22(19)26(21)17-6-4-5-15(10-17)13-23/h4-13H,1-3H3/q+1. The van der Waals surface area contributed by atoms with Crippen molar-refractivity contribution in [1.82, 2.24) is 0 Å². The van der Waals surface area contributed by atoms with Crippen LogP contribution in [-0.2, 0) is 0 Å². The van der Waals surface area contributed by atoms with E-state index in [1.807, 2.05) is 24.3 Å². The lowest BCUT2D eigenvalue weighted by Gasteiger charge is -2.04. The summed E-state index contributed by atoms with van der Waals surface area (Å²) in [5, 5.41) is 2.34. The van der Waals surface area contributed by atoms with Gasteiger partial charge in [-0.15, -0.1) is 0 Å². The smallest absolute Gasteiger partial charge is 0.229 e. The summed E-state index contributed by atoms with van der Waals surface area (Å²) < 4.78 is 13.6. The van der Waals surface area contributed by atoms with E-state index in [4.69, 9.17) is 9.47 Å². The molecule has 0 bridgehead atoms. The minimum Gasteiger partial charge on any atom is -0.497 e. The average Bonchev–Trinajstić information content (AvgIpc) is 3.00. The van der Waals surface area contributed by atoms with Crippen molar-refractivity contribution in [2.75, 3.05) is 14.2 Å². The number of hydrogen-bond acceptors (Lipinski definition) is 3.